The third-order valence-electron chi connectivity index (χ3n) is 5.83. The molecule has 1 aliphatic rings. The van der Waals surface area contributed by atoms with Crippen LogP contribution in [0.5, 0.6) is 0 Å². The molecule has 3 rings (SSSR count). The maximum atomic E-state index is 10.7. The Morgan fingerprint density at radius 1 is 1.03 bits per heavy atom. The molecular formula is C25H31ClO6. The topological polar surface area (TPSA) is 99.4 Å². The third kappa shape index (κ3) is 5.58. The summed E-state index contributed by atoms with van der Waals surface area (Å²) in [6.07, 6.45) is -3.08. The van der Waals surface area contributed by atoms with Crippen LogP contribution in [0, 0.1) is 0 Å². The molecule has 5 atom stereocenters. The molecule has 2 aromatic carbocycles. The van der Waals surface area contributed by atoms with Gasteiger partial charge in [0.2, 0.25) is 0 Å². The summed E-state index contributed by atoms with van der Waals surface area (Å²) < 4.78 is 11.4. The number of hydrogen-bond acceptors (Lipinski definition) is 6. The van der Waals surface area contributed by atoms with Crippen molar-refractivity contribution in [2.75, 3.05) is 13.2 Å². The number of benzene rings is 2. The van der Waals surface area contributed by atoms with Crippen molar-refractivity contribution >= 4 is 11.6 Å². The van der Waals surface area contributed by atoms with E-state index in [-0.39, 0.29) is 6.61 Å². The molecule has 1 fully saturated rings. The average Bonchev–Trinajstić information content (AvgIpc) is 2.80. The van der Waals surface area contributed by atoms with Crippen molar-refractivity contribution < 1.29 is 29.9 Å². The van der Waals surface area contributed by atoms with E-state index in [1.807, 2.05) is 6.07 Å². The average molecular weight is 463 g/mol. The summed E-state index contributed by atoms with van der Waals surface area (Å²) in [4.78, 5) is 0. The van der Waals surface area contributed by atoms with Crippen molar-refractivity contribution in [2.24, 2.45) is 0 Å². The van der Waals surface area contributed by atoms with E-state index < -0.39 is 37.1 Å². The quantitative estimate of drug-likeness (QED) is 0.338. The lowest BCUT2D eigenvalue weighted by Gasteiger charge is -2.41. The van der Waals surface area contributed by atoms with E-state index in [1.54, 1.807) is 12.1 Å². The minimum Gasteiger partial charge on any atom is -0.394 e. The first-order valence-corrected chi connectivity index (χ1v) is 11.2. The fourth-order valence-electron chi connectivity index (χ4n) is 3.93. The first kappa shape index (κ1) is 24.9. The molecule has 1 heterocycles. The van der Waals surface area contributed by atoms with Gasteiger partial charge in [0.15, 0.2) is 0 Å². The van der Waals surface area contributed by atoms with E-state index in [4.69, 9.17) is 21.1 Å². The van der Waals surface area contributed by atoms with Crippen LogP contribution in [0.1, 0.15) is 40.8 Å². The highest BCUT2D eigenvalue weighted by Gasteiger charge is 2.44. The smallest absolute Gasteiger partial charge is 0.113 e. The normalized spacial score (nSPS) is 25.6. The minimum atomic E-state index is -1.46. The van der Waals surface area contributed by atoms with Crippen LogP contribution in [0.15, 0.2) is 49.1 Å². The van der Waals surface area contributed by atoms with Crippen LogP contribution in [0.25, 0.3) is 0 Å². The summed E-state index contributed by atoms with van der Waals surface area (Å²) in [7, 11) is 0. The van der Waals surface area contributed by atoms with Gasteiger partial charge in [-0.2, -0.15) is 0 Å². The monoisotopic (exact) mass is 462 g/mol. The van der Waals surface area contributed by atoms with Crippen LogP contribution in [0.2, 0.25) is 5.02 Å². The Hall–Kier alpha value is -1.77. The molecule has 1 aliphatic heterocycles. The number of rotatable bonds is 9. The molecule has 174 valence electrons. The lowest BCUT2D eigenvalue weighted by atomic mass is 9.87. The van der Waals surface area contributed by atoms with Crippen LogP contribution in [-0.2, 0) is 28.9 Å². The van der Waals surface area contributed by atoms with Crippen molar-refractivity contribution in [1.82, 2.24) is 0 Å². The summed E-state index contributed by atoms with van der Waals surface area (Å²) in [5.41, 5.74) is 4.44. The molecule has 0 aliphatic carbocycles. The van der Waals surface area contributed by atoms with E-state index in [1.165, 1.54) is 5.56 Å². The van der Waals surface area contributed by atoms with Gasteiger partial charge in [0, 0.05) is 5.02 Å². The molecule has 0 aromatic heterocycles. The lowest BCUT2D eigenvalue weighted by Crippen LogP contribution is -2.55. The van der Waals surface area contributed by atoms with E-state index in [9.17, 15) is 20.4 Å². The van der Waals surface area contributed by atoms with Crippen LogP contribution in [0.3, 0.4) is 0 Å². The maximum absolute atomic E-state index is 10.7. The third-order valence-corrected chi connectivity index (χ3v) is 6.18. The summed E-state index contributed by atoms with van der Waals surface area (Å²) in [5, 5.41) is 41.2. The van der Waals surface area contributed by atoms with E-state index in [0.29, 0.717) is 29.2 Å². The zero-order valence-electron chi connectivity index (χ0n) is 18.2. The number of ether oxygens (including phenoxy) is 2. The Balaban J connectivity index is 1.98. The summed E-state index contributed by atoms with van der Waals surface area (Å²) in [6.45, 7) is 5.78. The zero-order chi connectivity index (χ0) is 23.3. The van der Waals surface area contributed by atoms with Crippen LogP contribution in [0.4, 0.5) is 0 Å². The van der Waals surface area contributed by atoms with Gasteiger partial charge in [-0.05, 0) is 46.7 Å². The molecule has 1 unspecified atom stereocenters. The highest BCUT2D eigenvalue weighted by Crippen LogP contribution is 2.37. The van der Waals surface area contributed by atoms with Gasteiger partial charge in [-0.25, -0.2) is 0 Å². The Morgan fingerprint density at radius 2 is 1.72 bits per heavy atom. The summed E-state index contributed by atoms with van der Waals surface area (Å²) >= 11 is 6.60. The van der Waals surface area contributed by atoms with Gasteiger partial charge in [-0.1, -0.05) is 54.9 Å². The van der Waals surface area contributed by atoms with Gasteiger partial charge in [0.05, 0.1) is 19.8 Å². The molecule has 0 radical (unpaired) electrons. The van der Waals surface area contributed by atoms with Crippen molar-refractivity contribution in [3.05, 3.63) is 81.9 Å². The SMILES string of the molecule is C=CCOCc1cc(Cl)c(Cc2ccc(CC)cc2)cc1C1O[C@H](CO)[C@@H](O)[C@H](O)[C@H]1O. The number of aliphatic hydroxyl groups excluding tert-OH is 4. The van der Waals surface area contributed by atoms with Crippen molar-refractivity contribution in [2.45, 2.75) is 56.9 Å². The van der Waals surface area contributed by atoms with Gasteiger partial charge in [0.1, 0.15) is 30.5 Å². The maximum Gasteiger partial charge on any atom is 0.113 e. The predicted octanol–water partition coefficient (Wildman–Crippen LogP) is 2.71. The largest absolute Gasteiger partial charge is 0.394 e. The second kappa shape index (κ2) is 11.4. The van der Waals surface area contributed by atoms with Crippen LogP contribution in [-0.4, -0.2) is 58.1 Å². The summed E-state index contributed by atoms with van der Waals surface area (Å²) in [5.74, 6) is 0. The Bertz CT molecular complexity index is 898. The van der Waals surface area contributed by atoms with Gasteiger partial charge >= 0.3 is 0 Å². The molecular weight excluding hydrogens is 432 g/mol. The molecule has 0 amide bonds. The Morgan fingerprint density at radius 3 is 2.34 bits per heavy atom. The zero-order valence-corrected chi connectivity index (χ0v) is 18.9. The molecule has 7 heteroatoms. The highest BCUT2D eigenvalue weighted by atomic mass is 35.5. The minimum absolute atomic E-state index is 0.196. The van der Waals surface area contributed by atoms with Crippen molar-refractivity contribution in [3.8, 4) is 0 Å². The van der Waals surface area contributed by atoms with E-state index >= 15 is 0 Å². The number of aryl methyl sites for hydroxylation is 1. The van der Waals surface area contributed by atoms with E-state index in [2.05, 4.69) is 37.8 Å². The molecule has 2 aromatic rings. The van der Waals surface area contributed by atoms with Crippen LogP contribution >= 0.6 is 11.6 Å². The predicted molar refractivity (Wildman–Crippen MR) is 123 cm³/mol. The molecule has 1 saturated heterocycles. The first-order valence-electron chi connectivity index (χ1n) is 10.8. The number of halogens is 1. The second-order valence-electron chi connectivity index (χ2n) is 8.04. The van der Waals surface area contributed by atoms with Crippen LogP contribution < -0.4 is 0 Å². The van der Waals surface area contributed by atoms with Crippen molar-refractivity contribution in [1.29, 1.82) is 0 Å². The lowest BCUT2D eigenvalue weighted by molar-refractivity contribution is -0.232. The first-order chi connectivity index (χ1) is 15.4. The second-order valence-corrected chi connectivity index (χ2v) is 8.45. The Kier molecular flexibility index (Phi) is 8.85. The summed E-state index contributed by atoms with van der Waals surface area (Å²) in [6, 6.07) is 11.9. The van der Waals surface area contributed by atoms with Gasteiger partial charge in [-0.15, -0.1) is 6.58 Å². The molecule has 0 spiro atoms. The van der Waals surface area contributed by atoms with Gasteiger partial charge in [0.25, 0.3) is 0 Å². The molecule has 0 bridgehead atoms. The van der Waals surface area contributed by atoms with E-state index in [0.717, 1.165) is 17.5 Å². The van der Waals surface area contributed by atoms with Crippen molar-refractivity contribution in [3.63, 3.8) is 0 Å². The fourth-order valence-corrected chi connectivity index (χ4v) is 4.18. The highest BCUT2D eigenvalue weighted by molar-refractivity contribution is 6.31. The number of hydrogen-bond donors (Lipinski definition) is 4. The molecule has 32 heavy (non-hydrogen) atoms. The Labute approximate surface area is 193 Å². The molecule has 6 nitrogen and oxygen atoms in total. The number of aliphatic hydroxyl groups is 4. The molecule has 0 saturated carbocycles. The standard InChI is InChI=1S/C25H31ClO6/c1-3-9-31-14-18-12-20(26)17(10-16-7-5-15(4-2)6-8-16)11-19(18)25-24(30)23(29)22(28)21(13-27)32-25/h3,5-8,11-12,21-25,27-30H,1,4,9-10,13-14H2,2H3/t21-,22-,23+,24-,25?/m1/s1. The fraction of sp³-hybridized carbons (Fsp3) is 0.440. The van der Waals surface area contributed by atoms with Gasteiger partial charge in [-0.3, -0.25) is 0 Å². The molecule has 4 N–H and O–H groups in total. The van der Waals surface area contributed by atoms with Gasteiger partial charge < -0.3 is 29.9 Å².